The van der Waals surface area contributed by atoms with Crippen LogP contribution in [-0.4, -0.2) is 66.6 Å². The Bertz CT molecular complexity index is 380. The molecular weight excluding hydrogens is 314 g/mol. The molecule has 122 valence electrons. The topological polar surface area (TPSA) is 61.9 Å². The second-order valence-corrected chi connectivity index (χ2v) is 5.38. The summed E-state index contributed by atoms with van der Waals surface area (Å²) in [5, 5.41) is 3.44. The van der Waals surface area contributed by atoms with E-state index in [9.17, 15) is 9.59 Å². The quantitative estimate of drug-likeness (QED) is 0.522. The molecule has 1 atom stereocenters. The van der Waals surface area contributed by atoms with E-state index in [2.05, 4.69) is 10.2 Å². The van der Waals surface area contributed by atoms with Crippen molar-refractivity contribution >= 4 is 41.6 Å². The van der Waals surface area contributed by atoms with Crippen LogP contribution < -0.4 is 5.32 Å². The maximum atomic E-state index is 12.2. The van der Waals surface area contributed by atoms with E-state index >= 15 is 0 Å². The van der Waals surface area contributed by atoms with Crippen LogP contribution >= 0.6 is 24.6 Å². The minimum atomic E-state index is -0.397. The van der Waals surface area contributed by atoms with Gasteiger partial charge in [-0.25, -0.2) is 0 Å². The summed E-state index contributed by atoms with van der Waals surface area (Å²) in [7, 11) is 3.98. The van der Waals surface area contributed by atoms with Crippen molar-refractivity contribution in [3.05, 3.63) is 0 Å². The smallest absolute Gasteiger partial charge is 0.305 e. The Morgan fingerprint density at radius 3 is 2.71 bits per heavy atom. The van der Waals surface area contributed by atoms with E-state index < -0.39 is 6.04 Å². The van der Waals surface area contributed by atoms with Crippen molar-refractivity contribution < 1.29 is 14.3 Å². The number of halogens is 1. The van der Waals surface area contributed by atoms with Crippen LogP contribution in [0, 0.1) is 0 Å². The Hall–Kier alpha value is -0.920. The van der Waals surface area contributed by atoms with Gasteiger partial charge in [0.15, 0.2) is 5.11 Å². The zero-order valence-electron chi connectivity index (χ0n) is 12.8. The lowest BCUT2D eigenvalue weighted by Gasteiger charge is -2.16. The van der Waals surface area contributed by atoms with Gasteiger partial charge in [0.1, 0.15) is 6.04 Å². The molecule has 1 aliphatic rings. The molecule has 1 fully saturated rings. The summed E-state index contributed by atoms with van der Waals surface area (Å²) in [5.41, 5.74) is 0. The van der Waals surface area contributed by atoms with Gasteiger partial charge in [-0.3, -0.25) is 14.5 Å². The highest BCUT2D eigenvalue weighted by molar-refractivity contribution is 7.80. The van der Waals surface area contributed by atoms with Crippen molar-refractivity contribution in [1.29, 1.82) is 0 Å². The molecule has 1 N–H and O–H groups in total. The molecule has 1 unspecified atom stereocenters. The van der Waals surface area contributed by atoms with Crippen LogP contribution in [-0.2, 0) is 14.3 Å². The van der Waals surface area contributed by atoms with Crippen molar-refractivity contribution in [2.75, 3.05) is 33.8 Å². The molecule has 21 heavy (non-hydrogen) atoms. The number of nitrogens with one attached hydrogen (secondary N) is 1. The first-order valence-electron chi connectivity index (χ1n) is 6.88. The van der Waals surface area contributed by atoms with Crippen molar-refractivity contribution in [3.63, 3.8) is 0 Å². The molecular formula is C13H24ClN3O3S. The number of amides is 1. The summed E-state index contributed by atoms with van der Waals surface area (Å²) >= 11 is 5.17. The zero-order chi connectivity index (χ0) is 15.1. The molecule has 0 radical (unpaired) electrons. The number of nitrogens with zero attached hydrogens (tertiary/aromatic N) is 2. The molecule has 1 amide bonds. The number of hydrogen-bond acceptors (Lipinski definition) is 5. The maximum absolute atomic E-state index is 12.2. The minimum Gasteiger partial charge on any atom is -0.466 e. The Kier molecular flexibility index (Phi) is 9.48. The van der Waals surface area contributed by atoms with Gasteiger partial charge in [0.05, 0.1) is 6.61 Å². The van der Waals surface area contributed by atoms with Gasteiger partial charge < -0.3 is 15.0 Å². The van der Waals surface area contributed by atoms with Gasteiger partial charge in [-0.05, 0) is 52.6 Å². The third-order valence-corrected chi connectivity index (χ3v) is 3.37. The van der Waals surface area contributed by atoms with Crippen molar-refractivity contribution in [1.82, 2.24) is 15.1 Å². The number of thiocarbonyl (C=S) groups is 1. The fourth-order valence-electron chi connectivity index (χ4n) is 2.02. The highest BCUT2D eigenvalue weighted by Crippen LogP contribution is 2.12. The van der Waals surface area contributed by atoms with Gasteiger partial charge in [-0.2, -0.15) is 0 Å². The van der Waals surface area contributed by atoms with Crippen molar-refractivity contribution in [2.24, 2.45) is 0 Å². The molecule has 0 aromatic rings. The molecule has 0 saturated carbocycles. The second kappa shape index (κ2) is 9.92. The first-order chi connectivity index (χ1) is 9.45. The molecule has 0 aromatic heterocycles. The molecule has 6 nitrogen and oxygen atoms in total. The summed E-state index contributed by atoms with van der Waals surface area (Å²) < 4.78 is 4.85. The summed E-state index contributed by atoms with van der Waals surface area (Å²) in [6, 6.07) is -0.397. The van der Waals surface area contributed by atoms with Crippen LogP contribution in [0.1, 0.15) is 26.2 Å². The van der Waals surface area contributed by atoms with Crippen LogP contribution in [0.3, 0.4) is 0 Å². The van der Waals surface area contributed by atoms with E-state index in [1.54, 1.807) is 11.8 Å². The third-order valence-electron chi connectivity index (χ3n) is 3.04. The molecule has 0 aliphatic carbocycles. The average molecular weight is 338 g/mol. The van der Waals surface area contributed by atoms with Gasteiger partial charge in [-0.15, -0.1) is 12.4 Å². The number of hydrogen-bond donors (Lipinski definition) is 1. The zero-order valence-corrected chi connectivity index (χ0v) is 14.4. The number of ether oxygens (including phenoxy) is 1. The van der Waals surface area contributed by atoms with E-state index in [1.165, 1.54) is 0 Å². The van der Waals surface area contributed by atoms with Gasteiger partial charge in [-0.1, -0.05) is 0 Å². The van der Waals surface area contributed by atoms with Crippen LogP contribution in [0.2, 0.25) is 0 Å². The fourth-order valence-corrected chi connectivity index (χ4v) is 2.35. The normalized spacial score (nSPS) is 17.7. The molecule has 0 bridgehead atoms. The minimum absolute atomic E-state index is 0. The summed E-state index contributed by atoms with van der Waals surface area (Å²) in [5.74, 6) is -0.322. The number of rotatable bonds is 8. The summed E-state index contributed by atoms with van der Waals surface area (Å²) in [6.45, 7) is 3.64. The SMILES string of the molecule is CCOC(=O)CCC1NC(=S)N(CCCN(C)C)C1=O.Cl. The van der Waals surface area contributed by atoms with E-state index in [1.807, 2.05) is 14.1 Å². The third kappa shape index (κ3) is 6.58. The van der Waals surface area contributed by atoms with Crippen LogP contribution in [0.25, 0.3) is 0 Å². The molecule has 0 aromatic carbocycles. The Morgan fingerprint density at radius 1 is 1.48 bits per heavy atom. The second-order valence-electron chi connectivity index (χ2n) is 4.99. The lowest BCUT2D eigenvalue weighted by Crippen LogP contribution is -2.33. The summed E-state index contributed by atoms with van der Waals surface area (Å²) in [4.78, 5) is 27.1. The first-order valence-corrected chi connectivity index (χ1v) is 7.28. The van der Waals surface area contributed by atoms with Gasteiger partial charge in [0.25, 0.3) is 5.91 Å². The molecule has 1 aliphatic heterocycles. The lowest BCUT2D eigenvalue weighted by molar-refractivity contribution is -0.143. The molecule has 0 spiro atoms. The highest BCUT2D eigenvalue weighted by atomic mass is 35.5. The monoisotopic (exact) mass is 337 g/mol. The van der Waals surface area contributed by atoms with Crippen LogP contribution in [0.5, 0.6) is 0 Å². The fraction of sp³-hybridized carbons (Fsp3) is 0.769. The molecule has 1 heterocycles. The largest absolute Gasteiger partial charge is 0.466 e. The molecule has 1 saturated heterocycles. The van der Waals surface area contributed by atoms with Crippen molar-refractivity contribution in [2.45, 2.75) is 32.2 Å². The van der Waals surface area contributed by atoms with E-state index in [0.717, 1.165) is 13.0 Å². The van der Waals surface area contributed by atoms with Crippen LogP contribution in [0.4, 0.5) is 0 Å². The van der Waals surface area contributed by atoms with E-state index in [4.69, 9.17) is 17.0 Å². The van der Waals surface area contributed by atoms with Crippen molar-refractivity contribution in [3.8, 4) is 0 Å². The number of esters is 1. The maximum Gasteiger partial charge on any atom is 0.305 e. The lowest BCUT2D eigenvalue weighted by atomic mass is 10.1. The highest BCUT2D eigenvalue weighted by Gasteiger charge is 2.34. The Morgan fingerprint density at radius 2 is 2.14 bits per heavy atom. The number of carbonyl (C=O) groups excluding carboxylic acids is 2. The summed E-state index contributed by atoms with van der Waals surface area (Å²) in [6.07, 6.45) is 1.51. The van der Waals surface area contributed by atoms with Gasteiger partial charge in [0.2, 0.25) is 0 Å². The van der Waals surface area contributed by atoms with Crippen LogP contribution in [0.15, 0.2) is 0 Å². The standard InChI is InChI=1S/C13H23N3O3S.ClH/c1-4-19-11(17)7-6-10-12(18)16(13(20)14-10)9-5-8-15(2)3;/h10H,4-9H2,1-3H3,(H,14,20);1H. The average Bonchev–Trinajstić information content (AvgIpc) is 2.63. The van der Waals surface area contributed by atoms with Gasteiger partial charge in [0, 0.05) is 13.0 Å². The molecule has 8 heteroatoms. The predicted molar refractivity (Wildman–Crippen MR) is 87.5 cm³/mol. The Balaban J connectivity index is 0.00000400. The number of carbonyl (C=O) groups is 2. The van der Waals surface area contributed by atoms with E-state index in [0.29, 0.717) is 24.7 Å². The van der Waals surface area contributed by atoms with E-state index in [-0.39, 0.29) is 30.7 Å². The first kappa shape index (κ1) is 20.1. The van der Waals surface area contributed by atoms with Gasteiger partial charge >= 0.3 is 5.97 Å². The molecule has 1 rings (SSSR count). The Labute approximate surface area is 137 Å². The predicted octanol–water partition coefficient (Wildman–Crippen LogP) is 0.788.